The summed E-state index contributed by atoms with van der Waals surface area (Å²) in [6.07, 6.45) is 0.764. The van der Waals surface area contributed by atoms with Gasteiger partial charge in [-0.15, -0.1) is 0 Å². The summed E-state index contributed by atoms with van der Waals surface area (Å²) in [5.74, 6) is 3.03. The van der Waals surface area contributed by atoms with Crippen molar-refractivity contribution in [1.29, 1.82) is 0 Å². The molecule has 0 radical (unpaired) electrons. The van der Waals surface area contributed by atoms with E-state index in [0.717, 1.165) is 0 Å². The summed E-state index contributed by atoms with van der Waals surface area (Å²) in [6.45, 7) is 0.871. The first-order valence-corrected chi connectivity index (χ1v) is 3.69. The first-order chi connectivity index (χ1) is 5.62. The fourth-order valence-electron chi connectivity index (χ4n) is 1.00. The van der Waals surface area contributed by atoms with Gasteiger partial charge < -0.3 is 14.9 Å². The van der Waals surface area contributed by atoms with Crippen LogP contribution in [0.2, 0.25) is 0 Å². The smallest absolute Gasteiger partial charge is 0.382 e. The maximum atomic E-state index is 10.1. The van der Waals surface area contributed by atoms with Crippen LogP contribution in [-0.4, -0.2) is 35.0 Å². The van der Waals surface area contributed by atoms with Crippen LogP contribution in [-0.2, 0) is 9.53 Å². The van der Waals surface area contributed by atoms with Crippen LogP contribution in [0.25, 0.3) is 0 Å². The van der Waals surface area contributed by atoms with E-state index in [-0.39, 0.29) is 0 Å². The topological polar surface area (TPSA) is 66.8 Å². The lowest BCUT2D eigenvalue weighted by molar-refractivity contribution is -0.130. The largest absolute Gasteiger partial charge is 0.472 e. The average molecular weight is 170 g/mol. The number of carbonyl (C=O) groups is 1. The van der Waals surface area contributed by atoms with E-state index < -0.39 is 11.6 Å². The molecule has 2 N–H and O–H groups in total. The van der Waals surface area contributed by atoms with Crippen LogP contribution in [0.4, 0.5) is 0 Å². The van der Waals surface area contributed by atoms with Crippen molar-refractivity contribution < 1.29 is 19.7 Å². The zero-order valence-electron chi connectivity index (χ0n) is 6.54. The minimum absolute atomic E-state index is 0.382. The van der Waals surface area contributed by atoms with Crippen LogP contribution < -0.4 is 0 Å². The molecule has 1 saturated heterocycles. The molecular formula is C8H10O4. The van der Waals surface area contributed by atoms with Crippen LogP contribution in [0.3, 0.4) is 0 Å². The van der Waals surface area contributed by atoms with Crippen molar-refractivity contribution in [2.24, 2.45) is 0 Å². The first-order valence-electron chi connectivity index (χ1n) is 3.69. The Kier molecular flexibility index (Phi) is 2.69. The Balaban J connectivity index is 2.59. The van der Waals surface area contributed by atoms with Gasteiger partial charge in [-0.2, -0.15) is 0 Å². The lowest BCUT2D eigenvalue weighted by Gasteiger charge is -2.26. The second-order valence-electron chi connectivity index (χ2n) is 2.70. The fourth-order valence-corrected chi connectivity index (χ4v) is 1.00. The number of ether oxygens (including phenoxy) is 1. The van der Waals surface area contributed by atoms with E-state index in [1.54, 1.807) is 0 Å². The van der Waals surface area contributed by atoms with Crippen molar-refractivity contribution in [2.75, 3.05) is 13.2 Å². The molecule has 0 atom stereocenters. The summed E-state index contributed by atoms with van der Waals surface area (Å²) in [4.78, 5) is 10.1. The Bertz CT molecular complexity index is 229. The Morgan fingerprint density at radius 3 is 2.50 bits per heavy atom. The van der Waals surface area contributed by atoms with E-state index in [1.165, 1.54) is 0 Å². The van der Waals surface area contributed by atoms with Crippen molar-refractivity contribution in [2.45, 2.75) is 18.4 Å². The van der Waals surface area contributed by atoms with Gasteiger partial charge in [0, 0.05) is 18.8 Å². The van der Waals surface area contributed by atoms with Gasteiger partial charge in [-0.1, -0.05) is 5.92 Å². The van der Waals surface area contributed by atoms with Crippen LogP contribution >= 0.6 is 0 Å². The molecule has 0 amide bonds. The number of aliphatic carboxylic acids is 1. The molecule has 0 unspecified atom stereocenters. The van der Waals surface area contributed by atoms with Gasteiger partial charge in [-0.25, -0.2) is 4.79 Å². The molecule has 1 aliphatic rings. The molecule has 0 bridgehead atoms. The average Bonchev–Trinajstić information content (AvgIpc) is 2.03. The SMILES string of the molecule is O=C(O)C#CC1(O)CCOCC1. The van der Waals surface area contributed by atoms with E-state index in [9.17, 15) is 9.90 Å². The van der Waals surface area contributed by atoms with Gasteiger partial charge in [0.1, 0.15) is 5.60 Å². The quantitative estimate of drug-likeness (QED) is 0.486. The van der Waals surface area contributed by atoms with Crippen LogP contribution in [0, 0.1) is 11.8 Å². The summed E-state index contributed by atoms with van der Waals surface area (Å²) >= 11 is 0. The van der Waals surface area contributed by atoms with Gasteiger partial charge in [0.05, 0.1) is 13.2 Å². The summed E-state index contributed by atoms with van der Waals surface area (Å²) in [5.41, 5.74) is -1.16. The minimum Gasteiger partial charge on any atom is -0.472 e. The van der Waals surface area contributed by atoms with Gasteiger partial charge in [-0.05, 0) is 0 Å². The Morgan fingerprint density at radius 1 is 1.42 bits per heavy atom. The van der Waals surface area contributed by atoms with E-state index >= 15 is 0 Å². The molecule has 0 aromatic rings. The van der Waals surface area contributed by atoms with Gasteiger partial charge in [0.25, 0.3) is 0 Å². The third kappa shape index (κ3) is 2.53. The zero-order chi connectivity index (χ0) is 9.03. The molecule has 0 aromatic heterocycles. The zero-order valence-corrected chi connectivity index (χ0v) is 6.54. The van der Waals surface area contributed by atoms with Crippen molar-refractivity contribution in [3.63, 3.8) is 0 Å². The van der Waals surface area contributed by atoms with Crippen molar-refractivity contribution >= 4 is 5.97 Å². The second-order valence-corrected chi connectivity index (χ2v) is 2.70. The summed E-state index contributed by atoms with van der Waals surface area (Å²) < 4.78 is 5.00. The van der Waals surface area contributed by atoms with Crippen molar-refractivity contribution in [3.05, 3.63) is 0 Å². The molecule has 1 aliphatic heterocycles. The third-order valence-electron chi connectivity index (χ3n) is 1.72. The second kappa shape index (κ2) is 3.57. The molecule has 12 heavy (non-hydrogen) atoms. The highest BCUT2D eigenvalue weighted by atomic mass is 16.5. The molecule has 0 spiro atoms. The first kappa shape index (κ1) is 9.04. The predicted molar refractivity (Wildman–Crippen MR) is 40.4 cm³/mol. The predicted octanol–water partition coefficient (Wildman–Crippen LogP) is -0.384. The molecule has 0 saturated carbocycles. The molecular weight excluding hydrogens is 160 g/mol. The molecule has 0 aromatic carbocycles. The van der Waals surface area contributed by atoms with Gasteiger partial charge in [0.2, 0.25) is 0 Å². The number of aliphatic hydroxyl groups is 1. The van der Waals surface area contributed by atoms with Crippen LogP contribution in [0.5, 0.6) is 0 Å². The number of carboxylic acid groups (broad SMARTS) is 1. The lowest BCUT2D eigenvalue weighted by Crippen LogP contribution is -2.34. The highest BCUT2D eigenvalue weighted by Gasteiger charge is 2.27. The van der Waals surface area contributed by atoms with E-state index in [1.807, 2.05) is 5.92 Å². The normalized spacial score (nSPS) is 20.8. The standard InChI is InChI=1S/C8H10O4/c9-7(10)1-2-8(11)3-5-12-6-4-8/h11H,3-6H2,(H,9,10). The van der Waals surface area contributed by atoms with Gasteiger partial charge in [0.15, 0.2) is 0 Å². The van der Waals surface area contributed by atoms with Crippen molar-refractivity contribution in [1.82, 2.24) is 0 Å². The highest BCUT2D eigenvalue weighted by Crippen LogP contribution is 2.18. The third-order valence-corrected chi connectivity index (χ3v) is 1.72. The molecule has 4 nitrogen and oxygen atoms in total. The molecule has 1 rings (SSSR count). The lowest BCUT2D eigenvalue weighted by atomic mass is 9.95. The Labute approximate surface area is 70.2 Å². The van der Waals surface area contributed by atoms with Gasteiger partial charge in [-0.3, -0.25) is 0 Å². The van der Waals surface area contributed by atoms with Crippen LogP contribution in [0.1, 0.15) is 12.8 Å². The summed E-state index contributed by atoms with van der Waals surface area (Å²) in [5, 5.41) is 17.8. The summed E-state index contributed by atoms with van der Waals surface area (Å²) in [6, 6.07) is 0. The van der Waals surface area contributed by atoms with Crippen LogP contribution in [0.15, 0.2) is 0 Å². The fraction of sp³-hybridized carbons (Fsp3) is 0.625. The number of rotatable bonds is 0. The van der Waals surface area contributed by atoms with E-state index in [2.05, 4.69) is 5.92 Å². The Hall–Kier alpha value is -1.05. The Morgan fingerprint density at radius 2 is 2.00 bits per heavy atom. The summed E-state index contributed by atoms with van der Waals surface area (Å²) in [7, 11) is 0. The number of hydrogen-bond acceptors (Lipinski definition) is 3. The molecule has 1 heterocycles. The van der Waals surface area contributed by atoms with Crippen molar-refractivity contribution in [3.8, 4) is 11.8 Å². The maximum Gasteiger partial charge on any atom is 0.382 e. The van der Waals surface area contributed by atoms with E-state index in [4.69, 9.17) is 9.84 Å². The number of carboxylic acids is 1. The monoisotopic (exact) mass is 170 g/mol. The molecule has 0 aliphatic carbocycles. The molecule has 1 fully saturated rings. The van der Waals surface area contributed by atoms with Gasteiger partial charge >= 0.3 is 5.97 Å². The number of hydrogen-bond donors (Lipinski definition) is 2. The maximum absolute atomic E-state index is 10.1. The highest BCUT2D eigenvalue weighted by molar-refractivity contribution is 5.86. The molecule has 66 valence electrons. The van der Waals surface area contributed by atoms with E-state index in [0.29, 0.717) is 26.1 Å². The minimum atomic E-state index is -1.21. The molecule has 4 heteroatoms.